The summed E-state index contributed by atoms with van der Waals surface area (Å²) in [6, 6.07) is 21.5. The van der Waals surface area contributed by atoms with Crippen LogP contribution in [0.3, 0.4) is 0 Å². The van der Waals surface area contributed by atoms with Crippen LogP contribution in [0.1, 0.15) is 0 Å². The van der Waals surface area contributed by atoms with E-state index < -0.39 is 24.6 Å². The van der Waals surface area contributed by atoms with E-state index in [0.717, 1.165) is 14.9 Å². The highest BCUT2D eigenvalue weighted by Crippen LogP contribution is 2.45. The standard InChI is InChI=1S/C20H10BrCl.C2H2O5.2CH2O3/c21-16-10-12-6-3-8-14-13-7-1-4-11-5-2-9-15(17(11)13)19(18(12)14)20(16)22;3-1(4)7-2(5)6;2*2-1(3)4/h1-10H;(H,3,4)(H,5,6);2*(H2,2,3,4). The van der Waals surface area contributed by atoms with Crippen molar-refractivity contribution >= 4 is 95.2 Å². The molecular formula is C24H16BrClO11. The number of benzene rings is 5. The summed E-state index contributed by atoms with van der Waals surface area (Å²) in [5.41, 5.74) is 0. The van der Waals surface area contributed by atoms with E-state index >= 15 is 0 Å². The first kappa shape index (κ1) is 28.7. The van der Waals surface area contributed by atoms with Gasteiger partial charge in [-0.3, -0.25) is 0 Å². The average Bonchev–Trinajstić information content (AvgIpc) is 2.78. The highest BCUT2D eigenvalue weighted by molar-refractivity contribution is 9.10. The van der Waals surface area contributed by atoms with Crippen molar-refractivity contribution in [2.75, 3.05) is 0 Å². The average molecular weight is 596 g/mol. The molecule has 5 rings (SSSR count). The van der Waals surface area contributed by atoms with E-state index in [1.54, 1.807) is 0 Å². The molecule has 192 valence electrons. The van der Waals surface area contributed by atoms with Crippen molar-refractivity contribution in [1.29, 1.82) is 0 Å². The fourth-order valence-corrected chi connectivity index (χ4v) is 4.42. The van der Waals surface area contributed by atoms with Crippen LogP contribution in [0.2, 0.25) is 5.02 Å². The molecule has 0 spiro atoms. The fourth-order valence-electron chi connectivity index (χ4n) is 3.72. The molecule has 0 aliphatic carbocycles. The topological polar surface area (TPSA) is 199 Å². The number of hydrogen-bond donors (Lipinski definition) is 6. The van der Waals surface area contributed by atoms with Gasteiger partial charge in [0.25, 0.3) is 0 Å². The Hall–Kier alpha value is -4.55. The molecule has 0 bridgehead atoms. The summed E-state index contributed by atoms with van der Waals surface area (Å²) in [5.74, 6) is 0. The second-order valence-electron chi connectivity index (χ2n) is 6.86. The first-order valence-corrected chi connectivity index (χ1v) is 10.9. The van der Waals surface area contributed by atoms with Gasteiger partial charge in [0, 0.05) is 9.86 Å². The zero-order chi connectivity index (χ0) is 27.9. The lowest BCUT2D eigenvalue weighted by molar-refractivity contribution is 0.0800. The summed E-state index contributed by atoms with van der Waals surface area (Å²) in [6.07, 6.45) is -7.29. The van der Waals surface area contributed by atoms with Crippen molar-refractivity contribution < 1.29 is 54.6 Å². The van der Waals surface area contributed by atoms with Gasteiger partial charge in [0.2, 0.25) is 0 Å². The largest absolute Gasteiger partial charge is 0.516 e. The third-order valence-corrected chi connectivity index (χ3v) is 5.94. The zero-order valence-corrected chi connectivity index (χ0v) is 20.6. The van der Waals surface area contributed by atoms with E-state index in [-0.39, 0.29) is 0 Å². The molecule has 0 unspecified atom stereocenters. The highest BCUT2D eigenvalue weighted by Gasteiger charge is 2.16. The maximum Gasteiger partial charge on any atom is 0.516 e. The van der Waals surface area contributed by atoms with Crippen LogP contribution in [-0.4, -0.2) is 55.3 Å². The first-order chi connectivity index (χ1) is 17.3. The minimum atomic E-state index is -1.83. The van der Waals surface area contributed by atoms with Crippen LogP contribution in [0.5, 0.6) is 0 Å². The van der Waals surface area contributed by atoms with E-state index in [0.29, 0.717) is 0 Å². The second kappa shape index (κ2) is 12.4. The quantitative estimate of drug-likeness (QED) is 0.0439. The SMILES string of the molecule is Clc1c(Br)cc2cccc3c4cccc5cccc(c1c23)c54.O=C(O)O.O=C(O)O.O=C(O)OC(=O)O. The predicted octanol–water partition coefficient (Wildman–Crippen LogP) is 7.96. The Morgan fingerprint density at radius 2 is 1.03 bits per heavy atom. The molecule has 0 saturated carbocycles. The number of hydrogen-bond acceptors (Lipinski definition) is 5. The molecule has 13 heteroatoms. The molecule has 6 N–H and O–H groups in total. The molecule has 11 nitrogen and oxygen atoms in total. The van der Waals surface area contributed by atoms with Crippen molar-refractivity contribution in [2.24, 2.45) is 0 Å². The normalized spacial score (nSPS) is 9.89. The van der Waals surface area contributed by atoms with E-state index in [9.17, 15) is 9.59 Å². The van der Waals surface area contributed by atoms with Crippen LogP contribution in [-0.2, 0) is 4.74 Å². The van der Waals surface area contributed by atoms with Gasteiger partial charge in [-0.1, -0.05) is 66.2 Å². The van der Waals surface area contributed by atoms with Gasteiger partial charge in [0.1, 0.15) is 0 Å². The van der Waals surface area contributed by atoms with Crippen molar-refractivity contribution in [2.45, 2.75) is 0 Å². The molecule has 37 heavy (non-hydrogen) atoms. The number of carbonyl (C=O) groups is 4. The third kappa shape index (κ3) is 7.22. The van der Waals surface area contributed by atoms with Crippen LogP contribution in [0.25, 0.3) is 43.1 Å². The van der Waals surface area contributed by atoms with Crippen LogP contribution >= 0.6 is 27.5 Å². The Bertz CT molecular complexity index is 1580. The summed E-state index contributed by atoms with van der Waals surface area (Å²) in [5, 5.41) is 53.6. The fraction of sp³-hybridized carbons (Fsp3) is 0. The predicted molar refractivity (Wildman–Crippen MR) is 139 cm³/mol. The molecule has 0 atom stereocenters. The number of carboxylic acid groups (broad SMARTS) is 6. The molecule has 0 fully saturated rings. The highest BCUT2D eigenvalue weighted by atomic mass is 79.9. The molecule has 5 aromatic rings. The van der Waals surface area contributed by atoms with Gasteiger partial charge in [0.05, 0.1) is 5.02 Å². The Balaban J connectivity index is 0.000000268. The Labute approximate surface area is 219 Å². The van der Waals surface area contributed by atoms with Gasteiger partial charge in [-0.25, -0.2) is 19.2 Å². The lowest BCUT2D eigenvalue weighted by Crippen LogP contribution is -2.05. The lowest BCUT2D eigenvalue weighted by atomic mass is 9.90. The molecule has 0 aliphatic heterocycles. The first-order valence-electron chi connectivity index (χ1n) is 9.75. The van der Waals surface area contributed by atoms with Gasteiger partial charge < -0.3 is 35.4 Å². The van der Waals surface area contributed by atoms with Gasteiger partial charge in [0.15, 0.2) is 0 Å². The zero-order valence-electron chi connectivity index (χ0n) is 18.3. The van der Waals surface area contributed by atoms with Crippen LogP contribution in [0, 0.1) is 0 Å². The molecule has 5 aromatic carbocycles. The molecular weight excluding hydrogens is 580 g/mol. The lowest BCUT2D eigenvalue weighted by Gasteiger charge is -2.16. The van der Waals surface area contributed by atoms with Crippen LogP contribution in [0.15, 0.2) is 65.1 Å². The van der Waals surface area contributed by atoms with Crippen LogP contribution in [0.4, 0.5) is 19.2 Å². The molecule has 0 heterocycles. The third-order valence-electron chi connectivity index (χ3n) is 4.70. The molecule has 0 aromatic heterocycles. The summed E-state index contributed by atoms with van der Waals surface area (Å²) < 4.78 is 4.03. The monoisotopic (exact) mass is 594 g/mol. The molecule has 0 amide bonds. The molecule has 0 aliphatic rings. The molecule has 0 radical (unpaired) electrons. The number of fused-ring (bicyclic) bond motifs is 2. The number of halogens is 2. The summed E-state index contributed by atoms with van der Waals surface area (Å²) in [4.78, 5) is 35.5. The van der Waals surface area contributed by atoms with E-state index in [1.807, 2.05) is 0 Å². The summed E-state index contributed by atoms with van der Waals surface area (Å²) in [6.45, 7) is 0. The Kier molecular flexibility index (Phi) is 9.63. The van der Waals surface area contributed by atoms with Crippen molar-refractivity contribution in [3.63, 3.8) is 0 Å². The number of rotatable bonds is 0. The van der Waals surface area contributed by atoms with Gasteiger partial charge in [-0.2, -0.15) is 0 Å². The van der Waals surface area contributed by atoms with Gasteiger partial charge in [-0.05, 0) is 59.7 Å². The maximum atomic E-state index is 9.21. The van der Waals surface area contributed by atoms with Crippen molar-refractivity contribution in [1.82, 2.24) is 0 Å². The van der Waals surface area contributed by atoms with Gasteiger partial charge >= 0.3 is 24.6 Å². The maximum absolute atomic E-state index is 9.21. The second-order valence-corrected chi connectivity index (χ2v) is 8.09. The van der Waals surface area contributed by atoms with Crippen molar-refractivity contribution in [3.8, 4) is 0 Å². The molecule has 0 saturated heterocycles. The van der Waals surface area contributed by atoms with E-state index in [1.165, 1.54) is 37.7 Å². The van der Waals surface area contributed by atoms with E-state index in [4.69, 9.17) is 51.8 Å². The summed E-state index contributed by atoms with van der Waals surface area (Å²) >= 11 is 10.3. The van der Waals surface area contributed by atoms with Gasteiger partial charge in [-0.15, -0.1) is 0 Å². The smallest absolute Gasteiger partial charge is 0.450 e. The Morgan fingerprint density at radius 3 is 1.46 bits per heavy atom. The minimum absolute atomic E-state index is 0.793. The van der Waals surface area contributed by atoms with Crippen LogP contribution < -0.4 is 0 Å². The van der Waals surface area contributed by atoms with E-state index in [2.05, 4.69) is 81.3 Å². The minimum Gasteiger partial charge on any atom is -0.450 e. The van der Waals surface area contributed by atoms with Crippen molar-refractivity contribution in [3.05, 3.63) is 70.2 Å². The number of ether oxygens (including phenoxy) is 1. The summed E-state index contributed by atoms with van der Waals surface area (Å²) in [7, 11) is 0. The Morgan fingerprint density at radius 1 is 0.622 bits per heavy atom.